The molecule has 0 spiro atoms. The fourth-order valence-electron chi connectivity index (χ4n) is 10.6. The maximum Gasteiger partial charge on any atom is 0.0476 e. The molecule has 0 radical (unpaired) electrons. The van der Waals surface area contributed by atoms with Crippen LogP contribution < -0.4 is 4.90 Å². The van der Waals surface area contributed by atoms with Gasteiger partial charge in [0.15, 0.2) is 0 Å². The molecule has 0 saturated heterocycles. The van der Waals surface area contributed by atoms with E-state index in [4.69, 9.17) is 0 Å². The van der Waals surface area contributed by atoms with Gasteiger partial charge >= 0.3 is 0 Å². The number of hydrogen-bond donors (Lipinski definition) is 0. The zero-order chi connectivity index (χ0) is 34.2. The SMILES string of the molecule is CC1(C)c2ccccc2-c2ccc(N(c3ccc4c(c3)-c3ccccc3S4(C)C)c3ccc4c(c3)sc3ccc(C5CC6CCC5C6)cc34)cc21. The van der Waals surface area contributed by atoms with Gasteiger partial charge in [0.25, 0.3) is 0 Å². The third-order valence-corrected chi connectivity index (χ3v) is 17.3. The number of nitrogens with zero attached hydrogens (tertiary/aromatic N) is 1. The molecular weight excluding hydrogens is 655 g/mol. The van der Waals surface area contributed by atoms with E-state index < -0.39 is 10.0 Å². The van der Waals surface area contributed by atoms with Crippen LogP contribution in [0, 0.1) is 11.8 Å². The number of anilines is 3. The van der Waals surface area contributed by atoms with E-state index in [9.17, 15) is 0 Å². The largest absolute Gasteiger partial charge is 0.310 e. The molecule has 7 aromatic rings. The Kier molecular flexibility index (Phi) is 6.32. The first kappa shape index (κ1) is 30.3. The third-order valence-electron chi connectivity index (χ3n) is 13.2. The van der Waals surface area contributed by atoms with Gasteiger partial charge in [-0.3, -0.25) is 0 Å². The minimum absolute atomic E-state index is 0.0657. The van der Waals surface area contributed by atoms with Crippen LogP contribution in [0.15, 0.2) is 131 Å². The summed E-state index contributed by atoms with van der Waals surface area (Å²) in [6, 6.07) is 47.2. The first-order chi connectivity index (χ1) is 24.8. The Balaban J connectivity index is 1.08. The zero-order valence-corrected chi connectivity index (χ0v) is 31.5. The molecule has 3 aliphatic carbocycles. The highest BCUT2D eigenvalue weighted by molar-refractivity contribution is 8.33. The smallest absolute Gasteiger partial charge is 0.0476 e. The normalized spacial score (nSPS) is 22.2. The summed E-state index contributed by atoms with van der Waals surface area (Å²) in [6.07, 6.45) is 10.6. The van der Waals surface area contributed by atoms with Gasteiger partial charge in [0, 0.05) is 52.4 Å². The molecule has 2 bridgehead atoms. The quantitative estimate of drug-likeness (QED) is 0.177. The lowest BCUT2D eigenvalue weighted by Gasteiger charge is -2.30. The van der Waals surface area contributed by atoms with Crippen LogP contribution in [0.1, 0.15) is 62.1 Å². The summed E-state index contributed by atoms with van der Waals surface area (Å²) >= 11 is 1.95. The highest BCUT2D eigenvalue weighted by atomic mass is 32.3. The molecule has 0 N–H and O–H groups in total. The summed E-state index contributed by atoms with van der Waals surface area (Å²) in [4.78, 5) is 5.51. The van der Waals surface area contributed by atoms with Crippen LogP contribution in [-0.4, -0.2) is 12.5 Å². The fourth-order valence-corrected chi connectivity index (χ4v) is 14.3. The van der Waals surface area contributed by atoms with Crippen molar-refractivity contribution in [2.75, 3.05) is 17.4 Å². The van der Waals surface area contributed by atoms with E-state index in [0.29, 0.717) is 0 Å². The van der Waals surface area contributed by atoms with Crippen molar-refractivity contribution in [3.63, 3.8) is 0 Å². The van der Waals surface area contributed by atoms with Gasteiger partial charge in [-0.2, -0.15) is 10.0 Å². The third kappa shape index (κ3) is 4.28. The molecule has 1 aromatic heterocycles. The maximum atomic E-state index is 2.55. The van der Waals surface area contributed by atoms with Crippen LogP contribution >= 0.6 is 21.4 Å². The van der Waals surface area contributed by atoms with E-state index in [0.717, 1.165) is 17.8 Å². The standard InChI is InChI=1S/C48H43NS2/c1-48(2)42-11-7-5-9-35(42)36-19-16-33(27-43(36)48)49(32-18-22-47-41(26-32)38-10-6-8-12-46(38)51(47,3)4)34-17-20-37-40-25-31(15-21-44(40)50-45(37)28-34)39-24-29-13-14-30(39)23-29/h5-12,15-22,25-30,39H,13-14,23-24H2,1-4H3. The van der Waals surface area contributed by atoms with Crippen molar-refractivity contribution in [2.45, 2.75) is 60.7 Å². The van der Waals surface area contributed by atoms with Gasteiger partial charge in [0.1, 0.15) is 0 Å². The first-order valence-electron chi connectivity index (χ1n) is 18.7. The number of rotatable bonds is 4. The topological polar surface area (TPSA) is 3.24 Å². The molecule has 2 saturated carbocycles. The van der Waals surface area contributed by atoms with Crippen molar-refractivity contribution >= 4 is 58.6 Å². The molecule has 3 atom stereocenters. The Morgan fingerprint density at radius 1 is 0.588 bits per heavy atom. The highest BCUT2D eigenvalue weighted by Gasteiger charge is 2.40. The summed E-state index contributed by atoms with van der Waals surface area (Å²) in [6.45, 7) is 4.77. The molecule has 2 fully saturated rings. The monoisotopic (exact) mass is 697 g/mol. The highest BCUT2D eigenvalue weighted by Crippen LogP contribution is 2.67. The fraction of sp³-hybridized carbons (Fsp3) is 0.250. The van der Waals surface area contributed by atoms with Crippen LogP contribution in [0.5, 0.6) is 0 Å². The Hall–Kier alpha value is -4.31. The molecule has 0 amide bonds. The Morgan fingerprint density at radius 3 is 2.16 bits per heavy atom. The predicted octanol–water partition coefficient (Wildman–Crippen LogP) is 14.2. The van der Waals surface area contributed by atoms with Crippen molar-refractivity contribution in [1.29, 1.82) is 0 Å². The zero-order valence-electron chi connectivity index (χ0n) is 29.9. The minimum Gasteiger partial charge on any atom is -0.310 e. The minimum atomic E-state index is -1.06. The van der Waals surface area contributed by atoms with Gasteiger partial charge in [-0.15, -0.1) is 11.3 Å². The number of fused-ring (bicyclic) bond motifs is 11. The van der Waals surface area contributed by atoms with Crippen LogP contribution in [0.4, 0.5) is 17.1 Å². The Morgan fingerprint density at radius 2 is 1.31 bits per heavy atom. The van der Waals surface area contributed by atoms with Crippen LogP contribution in [0.3, 0.4) is 0 Å². The van der Waals surface area contributed by atoms with E-state index in [1.54, 1.807) is 5.56 Å². The van der Waals surface area contributed by atoms with E-state index in [-0.39, 0.29) is 5.41 Å². The molecule has 2 heterocycles. The number of hydrogen-bond acceptors (Lipinski definition) is 2. The lowest BCUT2D eigenvalue weighted by atomic mass is 9.82. The summed E-state index contributed by atoms with van der Waals surface area (Å²) in [5.41, 5.74) is 13.5. The number of benzene rings is 6. The van der Waals surface area contributed by atoms with Gasteiger partial charge in [-0.05, 0) is 149 Å². The van der Waals surface area contributed by atoms with Gasteiger partial charge < -0.3 is 4.90 Å². The lowest BCUT2D eigenvalue weighted by molar-refractivity contribution is 0.420. The van der Waals surface area contributed by atoms with Gasteiger partial charge in [0.2, 0.25) is 0 Å². The van der Waals surface area contributed by atoms with Crippen molar-refractivity contribution in [3.8, 4) is 22.3 Å². The predicted molar refractivity (Wildman–Crippen MR) is 221 cm³/mol. The second-order valence-electron chi connectivity index (χ2n) is 16.6. The van der Waals surface area contributed by atoms with E-state index >= 15 is 0 Å². The van der Waals surface area contributed by atoms with Crippen molar-refractivity contribution in [2.24, 2.45) is 11.8 Å². The van der Waals surface area contributed by atoms with Gasteiger partial charge in [-0.25, -0.2) is 0 Å². The summed E-state index contributed by atoms with van der Waals surface area (Å²) in [7, 11) is -1.06. The Bertz CT molecular complexity index is 2590. The molecule has 1 nitrogen and oxygen atoms in total. The van der Waals surface area contributed by atoms with Crippen molar-refractivity contribution in [3.05, 3.63) is 138 Å². The molecule has 1 aliphatic heterocycles. The molecule has 4 aliphatic rings. The number of thiophene rings is 1. The summed E-state index contributed by atoms with van der Waals surface area (Å²) < 4.78 is 2.76. The molecule has 3 heteroatoms. The van der Waals surface area contributed by atoms with E-state index in [2.05, 4.69) is 153 Å². The summed E-state index contributed by atoms with van der Waals surface area (Å²) in [5.74, 6) is 2.61. The van der Waals surface area contributed by atoms with Gasteiger partial charge in [-0.1, -0.05) is 80.9 Å². The summed E-state index contributed by atoms with van der Waals surface area (Å²) in [5, 5.41) is 2.83. The average molecular weight is 698 g/mol. The second kappa shape index (κ2) is 10.6. The molecule has 3 unspecified atom stereocenters. The van der Waals surface area contributed by atoms with Crippen LogP contribution in [-0.2, 0) is 5.41 Å². The maximum absolute atomic E-state index is 2.55. The van der Waals surface area contributed by atoms with Crippen molar-refractivity contribution < 1.29 is 0 Å². The molecule has 252 valence electrons. The van der Waals surface area contributed by atoms with E-state index in [1.807, 2.05) is 11.3 Å². The first-order valence-corrected chi connectivity index (χ1v) is 22.0. The molecule has 6 aromatic carbocycles. The Labute approximate surface area is 307 Å². The van der Waals surface area contributed by atoms with Crippen LogP contribution in [0.2, 0.25) is 0 Å². The van der Waals surface area contributed by atoms with Crippen LogP contribution in [0.25, 0.3) is 42.4 Å². The van der Waals surface area contributed by atoms with E-state index in [1.165, 1.54) is 106 Å². The average Bonchev–Trinajstić information content (AvgIpc) is 3.96. The molecular formula is C48H43NS2. The second-order valence-corrected chi connectivity index (χ2v) is 21.2. The molecule has 51 heavy (non-hydrogen) atoms. The lowest BCUT2D eigenvalue weighted by Crippen LogP contribution is -2.16. The van der Waals surface area contributed by atoms with Gasteiger partial charge in [0.05, 0.1) is 0 Å². The van der Waals surface area contributed by atoms with Crippen molar-refractivity contribution in [1.82, 2.24) is 0 Å². The molecule has 11 rings (SSSR count).